The summed E-state index contributed by atoms with van der Waals surface area (Å²) in [5.41, 5.74) is 2.61. The first-order valence-corrected chi connectivity index (χ1v) is 10.5. The number of carbonyl (C=O) groups excluding carboxylic acids is 2. The lowest BCUT2D eigenvalue weighted by atomic mass is 10.00. The lowest BCUT2D eigenvalue weighted by Gasteiger charge is -2.16. The molecule has 1 amide bonds. The molecule has 0 fully saturated rings. The van der Waals surface area contributed by atoms with Gasteiger partial charge in [-0.25, -0.2) is 4.79 Å². The predicted octanol–water partition coefficient (Wildman–Crippen LogP) is 5.08. The van der Waals surface area contributed by atoms with Crippen molar-refractivity contribution in [3.05, 3.63) is 77.4 Å². The first kappa shape index (κ1) is 22.3. The summed E-state index contributed by atoms with van der Waals surface area (Å²) in [6.45, 7) is 6.12. The fourth-order valence-electron chi connectivity index (χ4n) is 3.53. The highest BCUT2D eigenvalue weighted by Crippen LogP contribution is 2.27. The fourth-order valence-corrected chi connectivity index (χ4v) is 3.53. The smallest absolute Gasteiger partial charge is 0.341 e. The van der Waals surface area contributed by atoms with Gasteiger partial charge in [0.1, 0.15) is 11.3 Å². The lowest BCUT2D eigenvalue weighted by molar-refractivity contribution is -0.123. The number of nitrogens with one attached hydrogen (secondary N) is 1. The molecule has 5 nitrogen and oxygen atoms in total. The quantitative estimate of drug-likeness (QED) is 0.517. The number of esters is 1. The number of benzene rings is 3. The zero-order valence-corrected chi connectivity index (χ0v) is 18.5. The number of carbonyl (C=O) groups is 2. The second kappa shape index (κ2) is 10.1. The van der Waals surface area contributed by atoms with Gasteiger partial charge < -0.3 is 14.8 Å². The molecule has 0 aliphatic rings. The van der Waals surface area contributed by atoms with E-state index in [-0.39, 0.29) is 18.6 Å². The van der Waals surface area contributed by atoms with Gasteiger partial charge in [0.05, 0.1) is 13.2 Å². The fraction of sp³-hybridized carbons (Fsp3) is 0.308. The number of hydrogen-bond donors (Lipinski definition) is 1. The van der Waals surface area contributed by atoms with Gasteiger partial charge in [0.2, 0.25) is 0 Å². The van der Waals surface area contributed by atoms with Crippen LogP contribution in [-0.2, 0) is 16.0 Å². The summed E-state index contributed by atoms with van der Waals surface area (Å²) in [5, 5.41) is 4.76. The predicted molar refractivity (Wildman–Crippen MR) is 122 cm³/mol. The number of methoxy groups -OCH3 is 1. The van der Waals surface area contributed by atoms with Crippen LogP contribution >= 0.6 is 0 Å². The van der Waals surface area contributed by atoms with Crippen LogP contribution in [0.25, 0.3) is 10.8 Å². The Morgan fingerprint density at radius 3 is 2.19 bits per heavy atom. The molecular weight excluding hydrogens is 390 g/mol. The largest absolute Gasteiger partial charge is 0.483 e. The maximum Gasteiger partial charge on any atom is 0.341 e. The van der Waals surface area contributed by atoms with E-state index in [1.54, 1.807) is 12.1 Å². The highest BCUT2D eigenvalue weighted by Gasteiger charge is 2.17. The second-order valence-corrected chi connectivity index (χ2v) is 8.10. The van der Waals surface area contributed by atoms with Gasteiger partial charge in [0, 0.05) is 0 Å². The Morgan fingerprint density at radius 1 is 0.935 bits per heavy atom. The van der Waals surface area contributed by atoms with Crippen LogP contribution in [0.3, 0.4) is 0 Å². The van der Waals surface area contributed by atoms with Crippen molar-refractivity contribution >= 4 is 22.6 Å². The third-order valence-electron chi connectivity index (χ3n) is 5.11. The van der Waals surface area contributed by atoms with Crippen LogP contribution in [0.2, 0.25) is 0 Å². The molecule has 0 aromatic heterocycles. The van der Waals surface area contributed by atoms with Crippen LogP contribution < -0.4 is 10.1 Å². The average Bonchev–Trinajstić information content (AvgIpc) is 2.76. The first-order chi connectivity index (χ1) is 14.9. The summed E-state index contributed by atoms with van der Waals surface area (Å²) >= 11 is 0. The maximum absolute atomic E-state index is 12.5. The Labute approximate surface area is 183 Å². The molecule has 5 heteroatoms. The van der Waals surface area contributed by atoms with Crippen molar-refractivity contribution in [1.29, 1.82) is 0 Å². The van der Waals surface area contributed by atoms with Gasteiger partial charge in [-0.15, -0.1) is 0 Å². The lowest BCUT2D eigenvalue weighted by Crippen LogP contribution is -2.31. The molecule has 0 heterocycles. The molecular formula is C26H29NO4. The standard InChI is InChI=1S/C26H29NO4/c1-17(2)13-19-9-11-20(12-10-19)18(3)27-25(28)16-31-24-15-22-8-6-5-7-21(22)14-23(24)26(29)30-4/h5-12,14-15,17-18H,13,16H2,1-4H3,(H,27,28). The maximum atomic E-state index is 12.5. The van der Waals surface area contributed by atoms with Crippen LogP contribution in [0.5, 0.6) is 5.75 Å². The van der Waals surface area contributed by atoms with E-state index >= 15 is 0 Å². The Kier molecular flexibility index (Phi) is 7.29. The first-order valence-electron chi connectivity index (χ1n) is 10.5. The van der Waals surface area contributed by atoms with Crippen LogP contribution in [-0.4, -0.2) is 25.6 Å². The monoisotopic (exact) mass is 419 g/mol. The van der Waals surface area contributed by atoms with E-state index in [1.807, 2.05) is 43.3 Å². The topological polar surface area (TPSA) is 64.6 Å². The molecule has 0 saturated carbocycles. The van der Waals surface area contributed by atoms with Crippen molar-refractivity contribution in [3.63, 3.8) is 0 Å². The molecule has 0 aliphatic carbocycles. The Hall–Kier alpha value is -3.34. The summed E-state index contributed by atoms with van der Waals surface area (Å²) in [5.74, 6) is 0.162. The van der Waals surface area contributed by atoms with Gasteiger partial charge in [-0.1, -0.05) is 62.4 Å². The van der Waals surface area contributed by atoms with Crippen molar-refractivity contribution in [2.75, 3.05) is 13.7 Å². The van der Waals surface area contributed by atoms with Gasteiger partial charge in [0.25, 0.3) is 5.91 Å². The van der Waals surface area contributed by atoms with Gasteiger partial charge in [-0.2, -0.15) is 0 Å². The SMILES string of the molecule is COC(=O)c1cc2ccccc2cc1OCC(=O)NC(C)c1ccc(CC(C)C)cc1. The Balaban J connectivity index is 1.66. The number of hydrogen-bond acceptors (Lipinski definition) is 4. The van der Waals surface area contributed by atoms with Gasteiger partial charge in [-0.05, 0) is 53.3 Å². The summed E-state index contributed by atoms with van der Waals surface area (Å²) in [7, 11) is 1.32. The van der Waals surface area contributed by atoms with Crippen molar-refractivity contribution in [3.8, 4) is 5.75 Å². The number of rotatable bonds is 8. The highest BCUT2D eigenvalue weighted by atomic mass is 16.5. The Bertz CT molecular complexity index is 1060. The van der Waals surface area contributed by atoms with Crippen LogP contribution in [0, 0.1) is 5.92 Å². The van der Waals surface area contributed by atoms with E-state index in [9.17, 15) is 9.59 Å². The minimum absolute atomic E-state index is 0.152. The number of ether oxygens (including phenoxy) is 2. The Morgan fingerprint density at radius 2 is 1.58 bits per heavy atom. The normalized spacial score (nSPS) is 11.9. The summed E-state index contributed by atoms with van der Waals surface area (Å²) < 4.78 is 10.6. The van der Waals surface area contributed by atoms with Gasteiger partial charge in [-0.3, -0.25) is 4.79 Å². The summed E-state index contributed by atoms with van der Waals surface area (Å²) in [6.07, 6.45) is 1.03. The molecule has 3 rings (SSSR count). The van der Waals surface area contributed by atoms with Crippen molar-refractivity contribution < 1.29 is 19.1 Å². The van der Waals surface area contributed by atoms with Crippen LogP contribution in [0.4, 0.5) is 0 Å². The van der Waals surface area contributed by atoms with E-state index < -0.39 is 5.97 Å². The highest BCUT2D eigenvalue weighted by molar-refractivity contribution is 5.98. The molecule has 0 spiro atoms. The van der Waals surface area contributed by atoms with Gasteiger partial charge in [0.15, 0.2) is 6.61 Å². The summed E-state index contributed by atoms with van der Waals surface area (Å²) in [6, 6.07) is 19.3. The average molecular weight is 420 g/mol. The zero-order valence-electron chi connectivity index (χ0n) is 18.5. The number of fused-ring (bicyclic) bond motifs is 1. The van der Waals surface area contributed by atoms with Crippen molar-refractivity contribution in [2.45, 2.75) is 33.2 Å². The minimum atomic E-state index is -0.504. The van der Waals surface area contributed by atoms with E-state index in [4.69, 9.17) is 9.47 Å². The third kappa shape index (κ3) is 5.85. The second-order valence-electron chi connectivity index (χ2n) is 8.10. The van der Waals surface area contributed by atoms with E-state index in [2.05, 4.69) is 31.3 Å². The van der Waals surface area contributed by atoms with Crippen molar-refractivity contribution in [1.82, 2.24) is 5.32 Å². The summed E-state index contributed by atoms with van der Waals surface area (Å²) in [4.78, 5) is 24.7. The number of amides is 1. The minimum Gasteiger partial charge on any atom is -0.483 e. The van der Waals surface area contributed by atoms with Crippen LogP contribution in [0.15, 0.2) is 60.7 Å². The third-order valence-corrected chi connectivity index (χ3v) is 5.11. The zero-order chi connectivity index (χ0) is 22.4. The molecule has 1 unspecified atom stereocenters. The molecule has 1 N–H and O–H groups in total. The molecule has 0 radical (unpaired) electrons. The molecule has 1 atom stereocenters. The van der Waals surface area contributed by atoms with E-state index in [1.165, 1.54) is 12.7 Å². The molecule has 162 valence electrons. The van der Waals surface area contributed by atoms with Crippen LogP contribution in [0.1, 0.15) is 48.3 Å². The van der Waals surface area contributed by atoms with Gasteiger partial charge >= 0.3 is 5.97 Å². The molecule has 0 bridgehead atoms. The van der Waals surface area contributed by atoms with Crippen molar-refractivity contribution in [2.24, 2.45) is 5.92 Å². The molecule has 0 saturated heterocycles. The molecule has 3 aromatic carbocycles. The molecule has 3 aromatic rings. The molecule has 0 aliphatic heterocycles. The van der Waals surface area contributed by atoms with E-state index in [0.29, 0.717) is 17.2 Å². The molecule has 31 heavy (non-hydrogen) atoms. The van der Waals surface area contributed by atoms with E-state index in [0.717, 1.165) is 22.8 Å².